The smallest absolute Gasteiger partial charge is 0.251 e. The van der Waals surface area contributed by atoms with Gasteiger partial charge in [-0.25, -0.2) is 12.8 Å². The molecule has 0 fully saturated rings. The summed E-state index contributed by atoms with van der Waals surface area (Å²) >= 11 is 0. The number of amides is 1. The van der Waals surface area contributed by atoms with Crippen LogP contribution >= 0.6 is 0 Å². The molecule has 0 atom stereocenters. The first-order valence-electron chi connectivity index (χ1n) is 10.2. The van der Waals surface area contributed by atoms with Crippen molar-refractivity contribution in [2.24, 2.45) is 0 Å². The molecular formula is C24H23FN2O4S. The van der Waals surface area contributed by atoms with Crippen LogP contribution in [0.2, 0.25) is 0 Å². The molecule has 0 aliphatic carbocycles. The van der Waals surface area contributed by atoms with Crippen LogP contribution in [0, 0.1) is 12.7 Å². The predicted octanol–water partition coefficient (Wildman–Crippen LogP) is 3.65. The van der Waals surface area contributed by atoms with Gasteiger partial charge in [0.25, 0.3) is 5.91 Å². The van der Waals surface area contributed by atoms with Gasteiger partial charge in [-0.1, -0.05) is 35.9 Å². The van der Waals surface area contributed by atoms with Crippen molar-refractivity contribution in [3.8, 4) is 5.75 Å². The standard InChI is InChI=1S/C24H23FN2O4S/c1-17-5-7-18(8-6-17)15-26-24(28)19-9-10-23-20(13-19)16-27(11-12-31-23)32(29,30)22-4-2-3-21(25)14-22/h2-10,13-14H,11-12,15-16H2,1H3,(H,26,28). The highest BCUT2D eigenvalue weighted by atomic mass is 32.2. The Labute approximate surface area is 186 Å². The van der Waals surface area contributed by atoms with Crippen LogP contribution in [0.3, 0.4) is 0 Å². The molecular weight excluding hydrogens is 431 g/mol. The average molecular weight is 455 g/mol. The molecule has 6 nitrogen and oxygen atoms in total. The topological polar surface area (TPSA) is 75.7 Å². The lowest BCUT2D eigenvalue weighted by atomic mass is 10.1. The fourth-order valence-electron chi connectivity index (χ4n) is 3.48. The van der Waals surface area contributed by atoms with E-state index >= 15 is 0 Å². The van der Waals surface area contributed by atoms with E-state index in [0.717, 1.165) is 17.2 Å². The van der Waals surface area contributed by atoms with Gasteiger partial charge in [-0.2, -0.15) is 4.31 Å². The molecule has 1 heterocycles. The number of fused-ring (bicyclic) bond motifs is 1. The Morgan fingerprint density at radius 2 is 1.88 bits per heavy atom. The number of halogens is 1. The van der Waals surface area contributed by atoms with Crippen molar-refractivity contribution in [1.82, 2.24) is 9.62 Å². The summed E-state index contributed by atoms with van der Waals surface area (Å²) in [6.45, 7) is 2.67. The van der Waals surface area contributed by atoms with E-state index in [0.29, 0.717) is 23.4 Å². The summed E-state index contributed by atoms with van der Waals surface area (Å²) in [6.07, 6.45) is 0. The molecule has 0 saturated carbocycles. The SMILES string of the molecule is Cc1ccc(CNC(=O)c2ccc3c(c2)CN(S(=O)(=O)c2cccc(F)c2)CCO3)cc1. The van der Waals surface area contributed by atoms with Gasteiger partial charge in [0.1, 0.15) is 18.2 Å². The summed E-state index contributed by atoms with van der Waals surface area (Å²) < 4.78 is 46.6. The second-order valence-electron chi connectivity index (χ2n) is 7.64. The number of carbonyl (C=O) groups excluding carboxylic acids is 1. The summed E-state index contributed by atoms with van der Waals surface area (Å²) in [7, 11) is -3.92. The van der Waals surface area contributed by atoms with E-state index in [1.807, 2.05) is 31.2 Å². The maximum absolute atomic E-state index is 13.6. The van der Waals surface area contributed by atoms with Crippen LogP contribution < -0.4 is 10.1 Å². The zero-order chi connectivity index (χ0) is 22.7. The molecule has 3 aromatic rings. The molecule has 1 amide bonds. The van der Waals surface area contributed by atoms with Crippen LogP contribution in [0.5, 0.6) is 5.75 Å². The van der Waals surface area contributed by atoms with Crippen LogP contribution in [-0.4, -0.2) is 31.8 Å². The van der Waals surface area contributed by atoms with Crippen molar-refractivity contribution >= 4 is 15.9 Å². The van der Waals surface area contributed by atoms with E-state index in [4.69, 9.17) is 4.74 Å². The highest BCUT2D eigenvalue weighted by Gasteiger charge is 2.28. The van der Waals surface area contributed by atoms with Gasteiger partial charge in [-0.05, 0) is 48.9 Å². The molecule has 8 heteroatoms. The number of hydrogen-bond acceptors (Lipinski definition) is 4. The van der Waals surface area contributed by atoms with Gasteiger partial charge in [0.2, 0.25) is 10.0 Å². The largest absolute Gasteiger partial charge is 0.492 e. The molecule has 1 aliphatic heterocycles. The Morgan fingerprint density at radius 1 is 1.09 bits per heavy atom. The first-order chi connectivity index (χ1) is 15.3. The zero-order valence-corrected chi connectivity index (χ0v) is 18.4. The van der Waals surface area contributed by atoms with Gasteiger partial charge < -0.3 is 10.1 Å². The fourth-order valence-corrected chi connectivity index (χ4v) is 4.92. The van der Waals surface area contributed by atoms with Crippen LogP contribution in [0.25, 0.3) is 0 Å². The molecule has 0 saturated heterocycles. The van der Waals surface area contributed by atoms with Gasteiger partial charge in [0.05, 0.1) is 4.90 Å². The van der Waals surface area contributed by atoms with Crippen molar-refractivity contribution in [3.63, 3.8) is 0 Å². The number of nitrogens with one attached hydrogen (secondary N) is 1. The quantitative estimate of drug-likeness (QED) is 0.639. The number of benzene rings is 3. The molecule has 0 unspecified atom stereocenters. The molecule has 0 spiro atoms. The van der Waals surface area contributed by atoms with E-state index in [2.05, 4.69) is 5.32 Å². The van der Waals surface area contributed by atoms with Gasteiger partial charge in [0.15, 0.2) is 0 Å². The average Bonchev–Trinajstić information content (AvgIpc) is 3.01. The van der Waals surface area contributed by atoms with Crippen molar-refractivity contribution in [3.05, 3.63) is 94.8 Å². The lowest BCUT2D eigenvalue weighted by Crippen LogP contribution is -2.32. The molecule has 1 aliphatic rings. The second kappa shape index (κ2) is 9.10. The number of aryl methyl sites for hydroxylation is 1. The maximum atomic E-state index is 13.6. The van der Waals surface area contributed by atoms with E-state index in [9.17, 15) is 17.6 Å². The molecule has 4 rings (SSSR count). The Kier molecular flexibility index (Phi) is 6.25. The fraction of sp³-hybridized carbons (Fsp3) is 0.208. The van der Waals surface area contributed by atoms with E-state index in [-0.39, 0.29) is 30.5 Å². The summed E-state index contributed by atoms with van der Waals surface area (Å²) in [5.41, 5.74) is 3.10. The van der Waals surface area contributed by atoms with Crippen molar-refractivity contribution in [2.45, 2.75) is 24.9 Å². The van der Waals surface area contributed by atoms with Crippen LogP contribution in [0.1, 0.15) is 27.0 Å². The van der Waals surface area contributed by atoms with Crippen LogP contribution in [0.4, 0.5) is 4.39 Å². The molecule has 3 aromatic carbocycles. The van der Waals surface area contributed by atoms with E-state index < -0.39 is 15.8 Å². The number of carbonyl (C=O) groups is 1. The molecule has 0 radical (unpaired) electrons. The summed E-state index contributed by atoms with van der Waals surface area (Å²) in [6, 6.07) is 17.8. The normalized spacial score (nSPS) is 14.2. The summed E-state index contributed by atoms with van der Waals surface area (Å²) in [4.78, 5) is 12.6. The third kappa shape index (κ3) is 4.81. The first kappa shape index (κ1) is 22.0. The number of sulfonamides is 1. The summed E-state index contributed by atoms with van der Waals surface area (Å²) in [5.74, 6) is -0.362. The monoisotopic (exact) mass is 454 g/mol. The second-order valence-corrected chi connectivity index (χ2v) is 9.57. The first-order valence-corrected chi connectivity index (χ1v) is 11.6. The van der Waals surface area contributed by atoms with Crippen LogP contribution in [-0.2, 0) is 23.1 Å². The van der Waals surface area contributed by atoms with Crippen molar-refractivity contribution in [1.29, 1.82) is 0 Å². The van der Waals surface area contributed by atoms with Gasteiger partial charge in [-0.15, -0.1) is 0 Å². The third-order valence-electron chi connectivity index (χ3n) is 5.28. The summed E-state index contributed by atoms with van der Waals surface area (Å²) in [5, 5.41) is 2.88. The minimum atomic E-state index is -3.92. The van der Waals surface area contributed by atoms with Crippen LogP contribution in [0.15, 0.2) is 71.6 Å². The molecule has 32 heavy (non-hydrogen) atoms. The number of hydrogen-bond donors (Lipinski definition) is 1. The highest BCUT2D eigenvalue weighted by Crippen LogP contribution is 2.28. The lowest BCUT2D eigenvalue weighted by Gasteiger charge is -2.19. The number of ether oxygens (including phenoxy) is 1. The van der Waals surface area contributed by atoms with Crippen molar-refractivity contribution in [2.75, 3.05) is 13.2 Å². The number of nitrogens with zero attached hydrogens (tertiary/aromatic N) is 1. The Bertz CT molecular complexity index is 1240. The molecule has 0 bridgehead atoms. The van der Waals surface area contributed by atoms with Gasteiger partial charge in [-0.3, -0.25) is 4.79 Å². The Balaban J connectivity index is 1.53. The van der Waals surface area contributed by atoms with E-state index in [1.165, 1.54) is 22.5 Å². The minimum Gasteiger partial charge on any atom is -0.492 e. The lowest BCUT2D eigenvalue weighted by molar-refractivity contribution is 0.0950. The Hall–Kier alpha value is -3.23. The maximum Gasteiger partial charge on any atom is 0.251 e. The minimum absolute atomic E-state index is 0.0211. The molecule has 166 valence electrons. The molecule has 1 N–H and O–H groups in total. The predicted molar refractivity (Wildman–Crippen MR) is 118 cm³/mol. The van der Waals surface area contributed by atoms with E-state index in [1.54, 1.807) is 18.2 Å². The van der Waals surface area contributed by atoms with Gasteiger partial charge >= 0.3 is 0 Å². The zero-order valence-electron chi connectivity index (χ0n) is 17.5. The molecule has 0 aromatic heterocycles. The third-order valence-corrected chi connectivity index (χ3v) is 7.12. The van der Waals surface area contributed by atoms with Crippen molar-refractivity contribution < 1.29 is 22.3 Å². The number of rotatable bonds is 5. The Morgan fingerprint density at radius 3 is 2.62 bits per heavy atom. The highest BCUT2D eigenvalue weighted by molar-refractivity contribution is 7.89. The van der Waals surface area contributed by atoms with Gasteiger partial charge in [0, 0.05) is 30.8 Å².